The number of carboxylic acids is 1. The van der Waals surface area contributed by atoms with Crippen LogP contribution in [0.3, 0.4) is 0 Å². The van der Waals surface area contributed by atoms with Gasteiger partial charge < -0.3 is 9.84 Å². The van der Waals surface area contributed by atoms with Gasteiger partial charge in [0.1, 0.15) is 0 Å². The minimum atomic E-state index is -1.11. The number of nitrogens with zero attached hydrogens (tertiary/aromatic N) is 1. The highest BCUT2D eigenvalue weighted by Crippen LogP contribution is 2.29. The number of hydrogen-bond acceptors (Lipinski definition) is 4. The van der Waals surface area contributed by atoms with Crippen molar-refractivity contribution >= 4 is 17.7 Å². The molecule has 0 aliphatic heterocycles. The first kappa shape index (κ1) is 13.7. The second-order valence-corrected chi connectivity index (χ2v) is 3.82. The van der Waals surface area contributed by atoms with E-state index in [4.69, 9.17) is 9.84 Å². The van der Waals surface area contributed by atoms with E-state index in [0.717, 1.165) is 6.08 Å². The summed E-state index contributed by atoms with van der Waals surface area (Å²) in [7, 11) is 0. The average molecular weight is 251 g/mol. The fourth-order valence-corrected chi connectivity index (χ4v) is 1.30. The van der Waals surface area contributed by atoms with Crippen LogP contribution in [-0.2, 0) is 4.79 Å². The molecule has 1 rings (SSSR count). The first-order chi connectivity index (χ1) is 8.40. The number of hydrogen-bond donors (Lipinski definition) is 1. The third-order valence-corrected chi connectivity index (χ3v) is 1.96. The van der Waals surface area contributed by atoms with E-state index < -0.39 is 10.9 Å². The van der Waals surface area contributed by atoms with Crippen molar-refractivity contribution in [2.45, 2.75) is 20.0 Å². The van der Waals surface area contributed by atoms with E-state index in [1.54, 1.807) is 19.9 Å². The van der Waals surface area contributed by atoms with Gasteiger partial charge in [0.15, 0.2) is 5.75 Å². The molecule has 1 aromatic rings. The van der Waals surface area contributed by atoms with Crippen LogP contribution >= 0.6 is 0 Å². The quantitative estimate of drug-likeness (QED) is 0.493. The zero-order chi connectivity index (χ0) is 13.7. The van der Waals surface area contributed by atoms with E-state index >= 15 is 0 Å². The molecule has 0 radical (unpaired) electrons. The van der Waals surface area contributed by atoms with Gasteiger partial charge in [-0.3, -0.25) is 10.1 Å². The summed E-state index contributed by atoms with van der Waals surface area (Å²) in [5, 5.41) is 19.4. The molecule has 0 heterocycles. The molecule has 0 spiro atoms. The molecule has 0 aliphatic rings. The molecule has 0 bridgehead atoms. The van der Waals surface area contributed by atoms with Crippen LogP contribution in [0, 0.1) is 10.1 Å². The zero-order valence-corrected chi connectivity index (χ0v) is 9.99. The number of rotatable bonds is 5. The average Bonchev–Trinajstić information content (AvgIpc) is 2.26. The molecule has 0 aliphatic carbocycles. The summed E-state index contributed by atoms with van der Waals surface area (Å²) in [4.78, 5) is 20.7. The molecule has 0 atom stereocenters. The van der Waals surface area contributed by atoms with Crippen molar-refractivity contribution in [2.24, 2.45) is 0 Å². The second-order valence-electron chi connectivity index (χ2n) is 3.82. The van der Waals surface area contributed by atoms with E-state index in [1.165, 1.54) is 18.2 Å². The Hall–Kier alpha value is -2.37. The van der Waals surface area contributed by atoms with Gasteiger partial charge in [-0.15, -0.1) is 0 Å². The van der Waals surface area contributed by atoms with Crippen LogP contribution in [0.1, 0.15) is 19.4 Å². The molecular formula is C12H13NO5. The van der Waals surface area contributed by atoms with Crippen LogP contribution in [-0.4, -0.2) is 22.1 Å². The largest absolute Gasteiger partial charge is 0.484 e. The van der Waals surface area contributed by atoms with Crippen molar-refractivity contribution in [1.29, 1.82) is 0 Å². The lowest BCUT2D eigenvalue weighted by molar-refractivity contribution is -0.386. The first-order valence-electron chi connectivity index (χ1n) is 5.26. The van der Waals surface area contributed by atoms with E-state index in [1.807, 2.05) is 0 Å². The molecule has 18 heavy (non-hydrogen) atoms. The summed E-state index contributed by atoms with van der Waals surface area (Å²) < 4.78 is 5.31. The van der Waals surface area contributed by atoms with Gasteiger partial charge in [-0.05, 0) is 31.6 Å². The molecule has 0 saturated carbocycles. The fourth-order valence-electron chi connectivity index (χ4n) is 1.30. The van der Waals surface area contributed by atoms with Crippen molar-refractivity contribution in [1.82, 2.24) is 0 Å². The van der Waals surface area contributed by atoms with Crippen LogP contribution in [0.15, 0.2) is 24.3 Å². The van der Waals surface area contributed by atoms with Gasteiger partial charge in [0.25, 0.3) is 0 Å². The van der Waals surface area contributed by atoms with E-state index in [2.05, 4.69) is 0 Å². The smallest absolute Gasteiger partial charge is 0.328 e. The lowest BCUT2D eigenvalue weighted by Crippen LogP contribution is -2.07. The minimum absolute atomic E-state index is 0.169. The normalized spacial score (nSPS) is 10.8. The Balaban J connectivity index is 3.10. The van der Waals surface area contributed by atoms with Crippen molar-refractivity contribution < 1.29 is 19.6 Å². The number of nitro groups is 1. The summed E-state index contributed by atoms with van der Waals surface area (Å²) in [5.41, 5.74) is 0.247. The van der Waals surface area contributed by atoms with E-state index in [9.17, 15) is 14.9 Å². The minimum Gasteiger partial charge on any atom is -0.484 e. The number of nitro benzene ring substituents is 1. The Kier molecular flexibility index (Phi) is 4.42. The molecule has 0 saturated heterocycles. The summed E-state index contributed by atoms with van der Waals surface area (Å²) in [5.74, 6) is -0.942. The number of ether oxygens (including phenoxy) is 1. The molecule has 0 unspecified atom stereocenters. The molecular weight excluding hydrogens is 238 g/mol. The Bertz CT molecular complexity index is 493. The Labute approximate surface area is 104 Å². The van der Waals surface area contributed by atoms with Crippen LogP contribution in [0.5, 0.6) is 5.75 Å². The van der Waals surface area contributed by atoms with Gasteiger partial charge >= 0.3 is 11.7 Å². The SMILES string of the molecule is CC(C)Oc1ccc(/C=C/C(=O)O)cc1[N+](=O)[O-]. The topological polar surface area (TPSA) is 89.7 Å². The predicted octanol–water partition coefficient (Wildman–Crippen LogP) is 2.48. The lowest BCUT2D eigenvalue weighted by Gasteiger charge is -2.09. The van der Waals surface area contributed by atoms with Crippen LogP contribution in [0.2, 0.25) is 0 Å². The maximum atomic E-state index is 10.9. The van der Waals surface area contributed by atoms with Gasteiger partial charge in [-0.1, -0.05) is 6.07 Å². The third-order valence-electron chi connectivity index (χ3n) is 1.96. The highest BCUT2D eigenvalue weighted by molar-refractivity contribution is 5.85. The van der Waals surface area contributed by atoms with E-state index in [0.29, 0.717) is 5.56 Å². The highest BCUT2D eigenvalue weighted by atomic mass is 16.6. The molecule has 0 amide bonds. The number of carbonyl (C=O) groups is 1. The Morgan fingerprint density at radius 3 is 2.67 bits per heavy atom. The standard InChI is InChI=1S/C12H13NO5/c1-8(2)18-11-5-3-9(4-6-12(14)15)7-10(11)13(16)17/h3-8H,1-2H3,(H,14,15)/b6-4+. The van der Waals surface area contributed by atoms with Gasteiger partial charge in [-0.25, -0.2) is 4.79 Å². The predicted molar refractivity (Wildman–Crippen MR) is 65.5 cm³/mol. The third kappa shape index (κ3) is 3.89. The molecule has 6 nitrogen and oxygen atoms in total. The Morgan fingerprint density at radius 2 is 2.17 bits per heavy atom. The van der Waals surface area contributed by atoms with Gasteiger partial charge in [-0.2, -0.15) is 0 Å². The highest BCUT2D eigenvalue weighted by Gasteiger charge is 2.16. The van der Waals surface area contributed by atoms with Gasteiger partial charge in [0, 0.05) is 12.1 Å². The van der Waals surface area contributed by atoms with Crippen LogP contribution in [0.25, 0.3) is 6.08 Å². The zero-order valence-electron chi connectivity index (χ0n) is 9.99. The second kappa shape index (κ2) is 5.81. The van der Waals surface area contributed by atoms with Crippen molar-refractivity contribution in [3.05, 3.63) is 40.0 Å². The molecule has 6 heteroatoms. The number of aliphatic carboxylic acids is 1. The molecule has 0 fully saturated rings. The maximum Gasteiger partial charge on any atom is 0.328 e. The molecule has 1 N–H and O–H groups in total. The number of benzene rings is 1. The Morgan fingerprint density at radius 1 is 1.50 bits per heavy atom. The molecule has 0 aromatic heterocycles. The van der Waals surface area contributed by atoms with Crippen molar-refractivity contribution in [3.8, 4) is 5.75 Å². The number of carboxylic acid groups (broad SMARTS) is 1. The summed E-state index contributed by atoms with van der Waals surface area (Å²) in [6, 6.07) is 4.29. The maximum absolute atomic E-state index is 10.9. The molecule has 1 aromatic carbocycles. The summed E-state index contributed by atoms with van der Waals surface area (Å²) in [6.07, 6.45) is 2.03. The first-order valence-corrected chi connectivity index (χ1v) is 5.26. The van der Waals surface area contributed by atoms with Crippen LogP contribution < -0.4 is 4.74 Å². The molecule has 96 valence electrons. The van der Waals surface area contributed by atoms with Crippen molar-refractivity contribution in [3.63, 3.8) is 0 Å². The summed E-state index contributed by atoms with van der Waals surface area (Å²) >= 11 is 0. The van der Waals surface area contributed by atoms with E-state index in [-0.39, 0.29) is 17.5 Å². The fraction of sp³-hybridized carbons (Fsp3) is 0.250. The monoisotopic (exact) mass is 251 g/mol. The van der Waals surface area contributed by atoms with Crippen LogP contribution in [0.4, 0.5) is 5.69 Å². The lowest BCUT2D eigenvalue weighted by atomic mass is 10.1. The van der Waals surface area contributed by atoms with Gasteiger partial charge in [0.2, 0.25) is 0 Å². The summed E-state index contributed by atoms with van der Waals surface area (Å²) in [6.45, 7) is 3.53. The van der Waals surface area contributed by atoms with Gasteiger partial charge in [0.05, 0.1) is 11.0 Å². The van der Waals surface area contributed by atoms with Crippen molar-refractivity contribution in [2.75, 3.05) is 0 Å².